The van der Waals surface area contributed by atoms with Crippen LogP contribution in [0.4, 0.5) is 5.69 Å². The zero-order valence-corrected chi connectivity index (χ0v) is 7.66. The maximum atomic E-state index is 5.79. The molecule has 0 fully saturated rings. The Bertz CT molecular complexity index is 310. The van der Waals surface area contributed by atoms with Crippen LogP contribution in [0.2, 0.25) is 0 Å². The molecule has 0 aliphatic carbocycles. The molecule has 0 saturated heterocycles. The van der Waals surface area contributed by atoms with Crippen LogP contribution in [0.1, 0.15) is 11.6 Å². The molecular formula is C10H14N2O. The van der Waals surface area contributed by atoms with Crippen LogP contribution in [0.15, 0.2) is 30.9 Å². The Morgan fingerprint density at radius 3 is 2.77 bits per heavy atom. The van der Waals surface area contributed by atoms with Crippen LogP contribution in [0.25, 0.3) is 0 Å². The van der Waals surface area contributed by atoms with Crippen molar-refractivity contribution in [3.63, 3.8) is 0 Å². The number of methoxy groups -OCH3 is 1. The molecule has 1 aromatic rings. The number of nitrogen functional groups attached to an aromatic ring is 1. The summed E-state index contributed by atoms with van der Waals surface area (Å²) in [6.45, 7) is 3.62. The summed E-state index contributed by atoms with van der Waals surface area (Å²) in [7, 11) is 1.59. The first-order chi connectivity index (χ1) is 6.20. The SMILES string of the molecule is C=C[C@@H](N)c1c(N)cccc1OC. The van der Waals surface area contributed by atoms with Crippen LogP contribution >= 0.6 is 0 Å². The molecule has 13 heavy (non-hydrogen) atoms. The Balaban J connectivity index is 3.22. The molecule has 0 heterocycles. The van der Waals surface area contributed by atoms with Crippen molar-refractivity contribution in [3.05, 3.63) is 36.4 Å². The van der Waals surface area contributed by atoms with Crippen molar-refractivity contribution in [1.82, 2.24) is 0 Å². The molecule has 0 aromatic heterocycles. The van der Waals surface area contributed by atoms with Crippen molar-refractivity contribution >= 4 is 5.69 Å². The molecule has 1 aromatic carbocycles. The number of hydrogen-bond acceptors (Lipinski definition) is 3. The summed E-state index contributed by atoms with van der Waals surface area (Å²) in [5, 5.41) is 0. The zero-order chi connectivity index (χ0) is 9.84. The summed E-state index contributed by atoms with van der Waals surface area (Å²) in [4.78, 5) is 0. The van der Waals surface area contributed by atoms with Crippen molar-refractivity contribution in [1.29, 1.82) is 0 Å². The molecule has 3 nitrogen and oxygen atoms in total. The Morgan fingerprint density at radius 1 is 1.54 bits per heavy atom. The number of benzene rings is 1. The first kappa shape index (κ1) is 9.61. The van der Waals surface area contributed by atoms with Gasteiger partial charge in [0.25, 0.3) is 0 Å². The summed E-state index contributed by atoms with van der Waals surface area (Å²) in [6.07, 6.45) is 1.63. The fourth-order valence-electron chi connectivity index (χ4n) is 1.21. The minimum absolute atomic E-state index is 0.281. The average Bonchev–Trinajstić information content (AvgIpc) is 2.16. The van der Waals surface area contributed by atoms with Crippen molar-refractivity contribution in [2.45, 2.75) is 6.04 Å². The third kappa shape index (κ3) is 1.81. The maximum absolute atomic E-state index is 5.79. The first-order valence-corrected chi connectivity index (χ1v) is 4.01. The third-order valence-corrected chi connectivity index (χ3v) is 1.91. The lowest BCUT2D eigenvalue weighted by Gasteiger charge is -2.14. The van der Waals surface area contributed by atoms with Gasteiger partial charge in [0.1, 0.15) is 5.75 Å². The Labute approximate surface area is 78.0 Å². The quantitative estimate of drug-likeness (QED) is 0.544. The van der Waals surface area contributed by atoms with E-state index in [1.54, 1.807) is 19.3 Å². The molecular weight excluding hydrogens is 164 g/mol. The summed E-state index contributed by atoms with van der Waals surface area (Å²) >= 11 is 0. The van der Waals surface area contributed by atoms with Crippen LogP contribution in [-0.4, -0.2) is 7.11 Å². The average molecular weight is 178 g/mol. The van der Waals surface area contributed by atoms with E-state index in [9.17, 15) is 0 Å². The standard InChI is InChI=1S/C10H14N2O/c1-3-7(11)10-8(12)5-4-6-9(10)13-2/h3-7H,1,11-12H2,2H3/t7-/m1/s1. The van der Waals surface area contributed by atoms with E-state index in [-0.39, 0.29) is 6.04 Å². The number of ether oxygens (including phenoxy) is 1. The van der Waals surface area contributed by atoms with Crippen molar-refractivity contribution in [2.75, 3.05) is 12.8 Å². The van der Waals surface area contributed by atoms with Gasteiger partial charge in [-0.3, -0.25) is 0 Å². The van der Waals surface area contributed by atoms with Gasteiger partial charge in [0.2, 0.25) is 0 Å². The smallest absolute Gasteiger partial charge is 0.126 e. The van der Waals surface area contributed by atoms with Gasteiger partial charge in [-0.1, -0.05) is 12.1 Å². The van der Waals surface area contributed by atoms with Crippen LogP contribution in [-0.2, 0) is 0 Å². The Hall–Kier alpha value is -1.48. The van der Waals surface area contributed by atoms with Crippen molar-refractivity contribution < 1.29 is 4.74 Å². The highest BCUT2D eigenvalue weighted by atomic mass is 16.5. The molecule has 4 N–H and O–H groups in total. The molecule has 70 valence electrons. The maximum Gasteiger partial charge on any atom is 0.126 e. The van der Waals surface area contributed by atoms with Crippen molar-refractivity contribution in [3.8, 4) is 5.75 Å². The van der Waals surface area contributed by atoms with Gasteiger partial charge in [0.05, 0.1) is 13.2 Å². The second kappa shape index (κ2) is 3.96. The highest BCUT2D eigenvalue weighted by Gasteiger charge is 2.11. The van der Waals surface area contributed by atoms with E-state index < -0.39 is 0 Å². The number of rotatable bonds is 3. The second-order valence-corrected chi connectivity index (χ2v) is 2.72. The minimum atomic E-state index is -0.281. The molecule has 1 atom stereocenters. The van der Waals surface area contributed by atoms with Gasteiger partial charge in [-0.25, -0.2) is 0 Å². The molecule has 3 heteroatoms. The van der Waals surface area contributed by atoms with E-state index >= 15 is 0 Å². The third-order valence-electron chi connectivity index (χ3n) is 1.91. The van der Waals surface area contributed by atoms with Gasteiger partial charge < -0.3 is 16.2 Å². The number of nitrogens with two attached hydrogens (primary N) is 2. The second-order valence-electron chi connectivity index (χ2n) is 2.72. The van der Waals surface area contributed by atoms with Gasteiger partial charge in [-0.15, -0.1) is 6.58 Å². The van der Waals surface area contributed by atoms with E-state index in [2.05, 4.69) is 6.58 Å². The highest BCUT2D eigenvalue weighted by molar-refractivity contribution is 5.56. The molecule has 0 saturated carbocycles. The van der Waals surface area contributed by atoms with E-state index in [1.807, 2.05) is 12.1 Å². The number of hydrogen-bond donors (Lipinski definition) is 2. The van der Waals surface area contributed by atoms with Crippen LogP contribution in [0, 0.1) is 0 Å². The van der Waals surface area contributed by atoms with Gasteiger partial charge in [-0.05, 0) is 12.1 Å². The van der Waals surface area contributed by atoms with Crippen LogP contribution < -0.4 is 16.2 Å². The van der Waals surface area contributed by atoms with E-state index in [4.69, 9.17) is 16.2 Å². The summed E-state index contributed by atoms with van der Waals surface area (Å²) in [5.41, 5.74) is 13.0. The Kier molecular flexibility index (Phi) is 2.93. The predicted octanol–water partition coefficient (Wildman–Crippen LogP) is 1.46. The summed E-state index contributed by atoms with van der Waals surface area (Å²) < 4.78 is 5.14. The topological polar surface area (TPSA) is 61.3 Å². The summed E-state index contributed by atoms with van der Waals surface area (Å²) in [6, 6.07) is 5.17. The van der Waals surface area contributed by atoms with Gasteiger partial charge in [0, 0.05) is 11.3 Å². The summed E-state index contributed by atoms with van der Waals surface area (Å²) in [5.74, 6) is 0.701. The fraction of sp³-hybridized carbons (Fsp3) is 0.200. The van der Waals surface area contributed by atoms with Crippen LogP contribution in [0.5, 0.6) is 5.75 Å². The molecule has 1 rings (SSSR count). The molecule has 0 aliphatic rings. The molecule has 0 spiro atoms. The molecule has 0 bridgehead atoms. The van der Waals surface area contributed by atoms with E-state index in [0.717, 1.165) is 5.56 Å². The largest absolute Gasteiger partial charge is 0.496 e. The van der Waals surface area contributed by atoms with Crippen LogP contribution in [0.3, 0.4) is 0 Å². The minimum Gasteiger partial charge on any atom is -0.496 e. The number of anilines is 1. The van der Waals surface area contributed by atoms with E-state index in [1.165, 1.54) is 0 Å². The Morgan fingerprint density at radius 2 is 2.23 bits per heavy atom. The highest BCUT2D eigenvalue weighted by Crippen LogP contribution is 2.29. The van der Waals surface area contributed by atoms with Gasteiger partial charge in [-0.2, -0.15) is 0 Å². The molecule has 0 radical (unpaired) electrons. The molecule has 0 aliphatic heterocycles. The lowest BCUT2D eigenvalue weighted by Crippen LogP contribution is -2.10. The molecule has 0 unspecified atom stereocenters. The monoisotopic (exact) mass is 178 g/mol. The first-order valence-electron chi connectivity index (χ1n) is 4.01. The van der Waals surface area contributed by atoms with Gasteiger partial charge in [0.15, 0.2) is 0 Å². The fourth-order valence-corrected chi connectivity index (χ4v) is 1.21. The lowest BCUT2D eigenvalue weighted by molar-refractivity contribution is 0.408. The van der Waals surface area contributed by atoms with Gasteiger partial charge >= 0.3 is 0 Å². The van der Waals surface area contributed by atoms with E-state index in [0.29, 0.717) is 11.4 Å². The normalized spacial score (nSPS) is 12.2. The van der Waals surface area contributed by atoms with Crippen molar-refractivity contribution in [2.24, 2.45) is 5.73 Å². The predicted molar refractivity (Wildman–Crippen MR) is 54.5 cm³/mol. The lowest BCUT2D eigenvalue weighted by atomic mass is 10.0. The molecule has 0 amide bonds. The zero-order valence-electron chi connectivity index (χ0n) is 7.66.